The summed E-state index contributed by atoms with van der Waals surface area (Å²) in [5.74, 6) is 0. The maximum absolute atomic E-state index is 2.04. The van der Waals surface area contributed by atoms with Gasteiger partial charge in [0.1, 0.15) is 0 Å². The molecule has 0 bridgehead atoms. The van der Waals surface area contributed by atoms with Gasteiger partial charge < -0.3 is 0 Å². The first-order valence-corrected chi connectivity index (χ1v) is 3.75. The average Bonchev–Trinajstić information content (AvgIpc) is 2.00. The summed E-state index contributed by atoms with van der Waals surface area (Å²) in [5, 5.41) is 4.08. The van der Waals surface area contributed by atoms with Gasteiger partial charge in [-0.1, -0.05) is 36.4 Å². The predicted octanol–water partition coefficient (Wildman–Crippen LogP) is 1.96. The zero-order chi connectivity index (χ0) is 6.36. The van der Waals surface area contributed by atoms with Gasteiger partial charge in [0.15, 0.2) is 0 Å². The predicted molar refractivity (Wildman–Crippen MR) is 50.5 cm³/mol. The molecule has 2 heteroatoms. The van der Waals surface area contributed by atoms with Gasteiger partial charge >= 0.3 is 17.1 Å². The Balaban J connectivity index is 0.000000810. The first-order chi connectivity index (χ1) is 4.50. The van der Waals surface area contributed by atoms with Crippen molar-refractivity contribution in [3.8, 4) is 0 Å². The van der Waals surface area contributed by atoms with E-state index in [9.17, 15) is 0 Å². The van der Waals surface area contributed by atoms with Crippen molar-refractivity contribution in [2.45, 2.75) is 0 Å². The third-order valence-corrected chi connectivity index (χ3v) is 1.50. The summed E-state index contributed by atoms with van der Waals surface area (Å²) < 4.78 is 0. The molecule has 0 unspecified atom stereocenters. The van der Waals surface area contributed by atoms with E-state index in [2.05, 4.69) is 0 Å². The van der Waals surface area contributed by atoms with Crippen LogP contribution in [0.1, 0.15) is 0 Å². The van der Waals surface area contributed by atoms with Crippen LogP contribution < -0.4 is 0 Å². The molecule has 0 nitrogen and oxygen atoms in total. The van der Waals surface area contributed by atoms with Gasteiger partial charge in [0.05, 0.1) is 0 Å². The first kappa shape index (κ1) is 9.70. The summed E-state index contributed by atoms with van der Waals surface area (Å²) in [6.07, 6.45) is 0. The molecule has 0 aliphatic rings. The molecule has 0 amide bonds. The van der Waals surface area contributed by atoms with E-state index in [1.54, 1.807) is 11.3 Å². The van der Waals surface area contributed by atoms with Crippen molar-refractivity contribution in [2.24, 2.45) is 0 Å². The van der Waals surface area contributed by atoms with E-state index in [4.69, 9.17) is 0 Å². The number of rotatable bonds is 0. The minimum atomic E-state index is 0. The summed E-state index contributed by atoms with van der Waals surface area (Å²) in [6.45, 7) is 0. The molecule has 0 N–H and O–H groups in total. The van der Waals surface area contributed by atoms with Crippen LogP contribution >= 0.6 is 11.3 Å². The van der Waals surface area contributed by atoms with E-state index in [0.717, 1.165) is 0 Å². The van der Waals surface area contributed by atoms with Gasteiger partial charge in [-0.05, 0) is 10.8 Å². The fourth-order valence-electron chi connectivity index (χ4n) is 0.483. The fourth-order valence-corrected chi connectivity index (χ4v) is 0.937. The Kier molecular flexibility index (Phi) is 6.61. The third-order valence-electron chi connectivity index (χ3n) is 0.870. The van der Waals surface area contributed by atoms with Gasteiger partial charge in [-0.2, -0.15) is 11.3 Å². The van der Waals surface area contributed by atoms with Crippen LogP contribution in [0.15, 0.2) is 47.2 Å². The monoisotopic (exact) mass is 218 g/mol. The molecule has 0 aliphatic carbocycles. The van der Waals surface area contributed by atoms with E-state index in [1.165, 1.54) is 0 Å². The SMILES string of the molecule is [SeH2].c1ccccsccc1. The molecule has 10 heavy (non-hydrogen) atoms. The molecule has 1 aromatic rings. The van der Waals surface area contributed by atoms with Crippen molar-refractivity contribution >= 4 is 28.4 Å². The zero-order valence-electron chi connectivity index (χ0n) is 5.53. The summed E-state index contributed by atoms with van der Waals surface area (Å²) in [7, 11) is 0. The number of hydrogen-bond acceptors (Lipinski definition) is 1. The molecular weight excluding hydrogens is 207 g/mol. The Morgan fingerprint density at radius 2 is 1.00 bits per heavy atom. The summed E-state index contributed by atoms with van der Waals surface area (Å²) in [5.41, 5.74) is 0. The van der Waals surface area contributed by atoms with Gasteiger partial charge in [-0.25, -0.2) is 0 Å². The van der Waals surface area contributed by atoms with Crippen molar-refractivity contribution in [2.75, 3.05) is 0 Å². The normalized spacial score (nSPS) is 7.20. The van der Waals surface area contributed by atoms with Crippen molar-refractivity contribution in [1.29, 1.82) is 0 Å². The molecule has 0 aliphatic heterocycles. The van der Waals surface area contributed by atoms with Gasteiger partial charge in [0.25, 0.3) is 0 Å². The van der Waals surface area contributed by atoms with Crippen molar-refractivity contribution < 1.29 is 0 Å². The molecule has 0 atom stereocenters. The third kappa shape index (κ3) is 4.57. The standard InChI is InChI=1S/C8H8S.H2Se/c1-2-4-6-8-9-7-5-3-1;/h1-8H;1H2. The van der Waals surface area contributed by atoms with Crippen LogP contribution in [-0.2, 0) is 0 Å². The Hall–Kier alpha value is -0.301. The van der Waals surface area contributed by atoms with Crippen LogP contribution in [0.3, 0.4) is 0 Å². The number of hydrogen-bond donors (Lipinski definition) is 0. The van der Waals surface area contributed by atoms with Gasteiger partial charge in [-0.15, -0.1) is 0 Å². The van der Waals surface area contributed by atoms with Crippen LogP contribution in [0.25, 0.3) is 0 Å². The van der Waals surface area contributed by atoms with E-state index < -0.39 is 0 Å². The maximum Gasteiger partial charge on any atom is -0.00937 e. The van der Waals surface area contributed by atoms with Gasteiger partial charge in [-0.3, -0.25) is 0 Å². The molecule has 1 rings (SSSR count). The van der Waals surface area contributed by atoms with Crippen LogP contribution in [0.5, 0.6) is 0 Å². The quantitative estimate of drug-likeness (QED) is 0.583. The van der Waals surface area contributed by atoms with Crippen LogP contribution in [0.4, 0.5) is 0 Å². The van der Waals surface area contributed by atoms with Crippen LogP contribution in [-0.4, -0.2) is 17.1 Å². The minimum Gasteiger partial charge on any atom is -0.152 e. The average molecular weight is 217 g/mol. The minimum absolute atomic E-state index is 0. The smallest absolute Gasteiger partial charge is 0.00937 e. The Morgan fingerprint density at radius 3 is 1.50 bits per heavy atom. The van der Waals surface area contributed by atoms with Gasteiger partial charge in [0, 0.05) is 0 Å². The first-order valence-electron chi connectivity index (χ1n) is 2.80. The molecule has 0 spiro atoms. The second kappa shape index (κ2) is 6.81. The Labute approximate surface area is 75.7 Å². The zero-order valence-corrected chi connectivity index (χ0v) is 8.44. The summed E-state index contributed by atoms with van der Waals surface area (Å²) in [6, 6.07) is 12.1. The van der Waals surface area contributed by atoms with Crippen LogP contribution in [0.2, 0.25) is 0 Å². The van der Waals surface area contributed by atoms with Crippen molar-refractivity contribution in [3.05, 3.63) is 47.2 Å². The second-order valence-corrected chi connectivity index (χ2v) is 2.38. The van der Waals surface area contributed by atoms with E-state index in [0.29, 0.717) is 0 Å². The van der Waals surface area contributed by atoms with Crippen LogP contribution in [0, 0.1) is 0 Å². The Morgan fingerprint density at radius 1 is 0.600 bits per heavy atom. The molecular formula is C8H10SSe. The molecule has 0 radical (unpaired) electrons. The molecule has 1 aromatic heterocycles. The molecule has 0 saturated carbocycles. The maximum atomic E-state index is 2.04. The summed E-state index contributed by atoms with van der Waals surface area (Å²) >= 11 is 1.68. The molecule has 0 saturated heterocycles. The molecule has 54 valence electrons. The van der Waals surface area contributed by atoms with Crippen molar-refractivity contribution in [3.63, 3.8) is 0 Å². The second-order valence-electron chi connectivity index (χ2n) is 1.56. The van der Waals surface area contributed by atoms with E-state index in [1.807, 2.05) is 47.2 Å². The fraction of sp³-hybridized carbons (Fsp3) is 0. The largest absolute Gasteiger partial charge is 0.152 e. The van der Waals surface area contributed by atoms with E-state index >= 15 is 0 Å². The summed E-state index contributed by atoms with van der Waals surface area (Å²) in [4.78, 5) is 0. The molecule has 0 fully saturated rings. The molecule has 1 heterocycles. The van der Waals surface area contributed by atoms with Crippen molar-refractivity contribution in [1.82, 2.24) is 0 Å². The van der Waals surface area contributed by atoms with Gasteiger partial charge in [0.2, 0.25) is 0 Å². The molecule has 0 aromatic carbocycles. The van der Waals surface area contributed by atoms with E-state index in [-0.39, 0.29) is 17.1 Å². The Bertz CT molecular complexity index is 131. The topological polar surface area (TPSA) is 0 Å².